The molecule has 102 valence electrons. The van der Waals surface area contributed by atoms with Crippen LogP contribution in [-0.4, -0.2) is 6.04 Å². The van der Waals surface area contributed by atoms with Crippen molar-refractivity contribution in [2.75, 3.05) is 0 Å². The number of hydrogen-bond acceptors (Lipinski definition) is 3. The molecular formula is C14H15BrClNS2. The Balaban J connectivity index is 2.21. The number of thioether (sulfide) groups is 1. The first kappa shape index (κ1) is 15.4. The quantitative estimate of drug-likeness (QED) is 0.674. The Morgan fingerprint density at radius 1 is 1.26 bits per heavy atom. The van der Waals surface area contributed by atoms with Gasteiger partial charge in [0.25, 0.3) is 0 Å². The van der Waals surface area contributed by atoms with Crippen molar-refractivity contribution in [3.63, 3.8) is 0 Å². The van der Waals surface area contributed by atoms with Crippen molar-refractivity contribution < 1.29 is 0 Å². The Labute approximate surface area is 135 Å². The average Bonchev–Trinajstić information content (AvgIpc) is 2.83. The summed E-state index contributed by atoms with van der Waals surface area (Å²) in [6.45, 7) is 2.12. The minimum Gasteiger partial charge on any atom is -0.326 e. The minimum atomic E-state index is 0.128. The third-order valence-electron chi connectivity index (χ3n) is 2.81. The number of nitrogens with two attached hydrogens (primary N) is 1. The number of thiophene rings is 1. The maximum Gasteiger partial charge on any atom is 0.0931 e. The Bertz CT molecular complexity index is 526. The molecule has 5 heteroatoms. The van der Waals surface area contributed by atoms with E-state index in [4.69, 9.17) is 17.3 Å². The summed E-state index contributed by atoms with van der Waals surface area (Å²) in [7, 11) is 0. The molecule has 2 aromatic rings. The molecule has 2 atom stereocenters. The maximum atomic E-state index is 6.27. The van der Waals surface area contributed by atoms with Gasteiger partial charge in [0.05, 0.1) is 9.59 Å². The first-order valence-electron chi connectivity index (χ1n) is 6.03. The summed E-state index contributed by atoms with van der Waals surface area (Å²) in [5.41, 5.74) is 6.27. The van der Waals surface area contributed by atoms with Crippen LogP contribution in [0.3, 0.4) is 0 Å². The first-order valence-corrected chi connectivity index (χ1v) is 8.90. The number of rotatable bonds is 5. The van der Waals surface area contributed by atoms with Gasteiger partial charge >= 0.3 is 0 Å². The van der Waals surface area contributed by atoms with Gasteiger partial charge in [0.1, 0.15) is 0 Å². The van der Waals surface area contributed by atoms with E-state index in [1.165, 1.54) is 9.77 Å². The Kier molecular flexibility index (Phi) is 5.78. The van der Waals surface area contributed by atoms with Gasteiger partial charge in [0, 0.05) is 20.3 Å². The van der Waals surface area contributed by atoms with Crippen LogP contribution in [0.2, 0.25) is 4.34 Å². The average molecular weight is 377 g/mol. The van der Waals surface area contributed by atoms with Gasteiger partial charge in [-0.3, -0.25) is 0 Å². The molecule has 19 heavy (non-hydrogen) atoms. The molecule has 0 amide bonds. The number of hydrogen-bond donors (Lipinski definition) is 1. The zero-order valence-corrected chi connectivity index (χ0v) is 14.5. The number of halogens is 2. The molecule has 0 aliphatic rings. The second kappa shape index (κ2) is 7.14. The number of benzene rings is 1. The molecule has 1 aromatic heterocycles. The highest BCUT2D eigenvalue weighted by Crippen LogP contribution is 2.42. The third-order valence-corrected chi connectivity index (χ3v) is 6.21. The van der Waals surface area contributed by atoms with E-state index in [0.717, 1.165) is 15.2 Å². The standard InChI is InChI=1S/C14H15BrClNS2/c1-2-11(17)14(12-7-8-13(16)19-12)18-10-5-3-9(15)4-6-10/h3-8,11,14H,2,17H2,1H3. The van der Waals surface area contributed by atoms with Crippen LogP contribution in [0, 0.1) is 0 Å². The molecule has 0 aliphatic heterocycles. The fourth-order valence-electron chi connectivity index (χ4n) is 1.71. The monoisotopic (exact) mass is 375 g/mol. The highest BCUT2D eigenvalue weighted by molar-refractivity contribution is 9.10. The van der Waals surface area contributed by atoms with Crippen molar-refractivity contribution in [3.05, 3.63) is 50.1 Å². The summed E-state index contributed by atoms with van der Waals surface area (Å²) in [6, 6.07) is 12.5. The first-order chi connectivity index (χ1) is 9.10. The van der Waals surface area contributed by atoms with Crippen molar-refractivity contribution in [1.82, 2.24) is 0 Å². The Morgan fingerprint density at radius 2 is 1.95 bits per heavy atom. The lowest BCUT2D eigenvalue weighted by atomic mass is 10.1. The zero-order valence-electron chi connectivity index (χ0n) is 10.5. The molecule has 1 nitrogen and oxygen atoms in total. The molecule has 0 bridgehead atoms. The van der Waals surface area contributed by atoms with E-state index in [1.54, 1.807) is 23.1 Å². The van der Waals surface area contributed by atoms with Gasteiger partial charge in [-0.2, -0.15) is 0 Å². The Hall–Kier alpha value is -0.0000000000000000278. The predicted octanol–water partition coefficient (Wildman–Crippen LogP) is 5.73. The summed E-state index contributed by atoms with van der Waals surface area (Å²) in [5.74, 6) is 0. The second-order valence-electron chi connectivity index (χ2n) is 4.21. The van der Waals surface area contributed by atoms with Gasteiger partial charge in [0.2, 0.25) is 0 Å². The largest absolute Gasteiger partial charge is 0.326 e. The molecule has 1 aromatic carbocycles. The maximum absolute atomic E-state index is 6.27. The molecule has 2 N–H and O–H groups in total. The fourth-order valence-corrected chi connectivity index (χ4v) is 4.53. The summed E-state index contributed by atoms with van der Waals surface area (Å²) < 4.78 is 1.91. The molecule has 0 saturated carbocycles. The van der Waals surface area contributed by atoms with Gasteiger partial charge in [-0.1, -0.05) is 34.5 Å². The SMILES string of the molecule is CCC(N)C(Sc1ccc(Br)cc1)c1ccc(Cl)s1. The van der Waals surface area contributed by atoms with Crippen LogP contribution in [0.1, 0.15) is 23.5 Å². The van der Waals surface area contributed by atoms with E-state index in [9.17, 15) is 0 Å². The molecule has 2 unspecified atom stereocenters. The topological polar surface area (TPSA) is 26.0 Å². The molecule has 0 aliphatic carbocycles. The summed E-state index contributed by atoms with van der Waals surface area (Å²) in [6.07, 6.45) is 0.948. The molecule has 0 saturated heterocycles. The highest BCUT2D eigenvalue weighted by atomic mass is 79.9. The summed E-state index contributed by atoms with van der Waals surface area (Å²) in [5, 5.41) is 0.253. The third kappa shape index (κ3) is 4.23. The van der Waals surface area contributed by atoms with Crippen molar-refractivity contribution in [2.24, 2.45) is 5.73 Å². The molecule has 0 fully saturated rings. The van der Waals surface area contributed by atoms with Crippen molar-refractivity contribution in [2.45, 2.75) is 29.5 Å². The van der Waals surface area contributed by atoms with Crippen LogP contribution in [0.5, 0.6) is 0 Å². The molecule has 0 radical (unpaired) electrons. The van der Waals surface area contributed by atoms with E-state index >= 15 is 0 Å². The van der Waals surface area contributed by atoms with Gasteiger partial charge in [-0.05, 0) is 42.8 Å². The minimum absolute atomic E-state index is 0.128. The van der Waals surface area contributed by atoms with Crippen molar-refractivity contribution in [1.29, 1.82) is 0 Å². The van der Waals surface area contributed by atoms with Crippen LogP contribution in [0.4, 0.5) is 0 Å². The van der Waals surface area contributed by atoms with Gasteiger partial charge in [0.15, 0.2) is 0 Å². The van der Waals surface area contributed by atoms with E-state index in [0.29, 0.717) is 0 Å². The highest BCUT2D eigenvalue weighted by Gasteiger charge is 2.21. The van der Waals surface area contributed by atoms with E-state index < -0.39 is 0 Å². The van der Waals surface area contributed by atoms with Crippen LogP contribution >= 0.6 is 50.6 Å². The fraction of sp³-hybridized carbons (Fsp3) is 0.286. The van der Waals surface area contributed by atoms with E-state index in [2.05, 4.69) is 53.2 Å². The molecule has 2 rings (SSSR count). The van der Waals surface area contributed by atoms with Gasteiger partial charge in [-0.15, -0.1) is 23.1 Å². The van der Waals surface area contributed by atoms with Crippen molar-refractivity contribution in [3.8, 4) is 0 Å². The zero-order chi connectivity index (χ0) is 13.8. The lowest BCUT2D eigenvalue weighted by Crippen LogP contribution is -2.25. The Morgan fingerprint density at radius 3 is 2.47 bits per heavy atom. The smallest absolute Gasteiger partial charge is 0.0931 e. The summed E-state index contributed by atoms with van der Waals surface area (Å²) in [4.78, 5) is 2.47. The second-order valence-corrected chi connectivity index (χ2v) is 8.08. The molecular weight excluding hydrogens is 362 g/mol. The van der Waals surface area contributed by atoms with Gasteiger partial charge in [-0.25, -0.2) is 0 Å². The van der Waals surface area contributed by atoms with Crippen LogP contribution in [0.15, 0.2) is 45.8 Å². The van der Waals surface area contributed by atoms with Crippen LogP contribution in [0.25, 0.3) is 0 Å². The molecule has 0 spiro atoms. The van der Waals surface area contributed by atoms with Crippen LogP contribution < -0.4 is 5.73 Å². The van der Waals surface area contributed by atoms with Crippen molar-refractivity contribution >= 4 is 50.6 Å². The predicted molar refractivity (Wildman–Crippen MR) is 90.3 cm³/mol. The van der Waals surface area contributed by atoms with E-state index in [1.807, 2.05) is 6.07 Å². The lowest BCUT2D eigenvalue weighted by molar-refractivity contribution is 0.640. The lowest BCUT2D eigenvalue weighted by Gasteiger charge is -2.21. The normalized spacial score (nSPS) is 14.3. The van der Waals surface area contributed by atoms with Crippen LogP contribution in [-0.2, 0) is 0 Å². The van der Waals surface area contributed by atoms with Gasteiger partial charge < -0.3 is 5.73 Å². The molecule has 1 heterocycles. The summed E-state index contributed by atoms with van der Waals surface area (Å²) >= 11 is 12.9. The van der Waals surface area contributed by atoms with E-state index in [-0.39, 0.29) is 11.3 Å².